The van der Waals surface area contributed by atoms with E-state index < -0.39 is 0 Å². The summed E-state index contributed by atoms with van der Waals surface area (Å²) in [6, 6.07) is 2.06. The molecular formula is C10H14BrNO. The fraction of sp³-hybridized carbons (Fsp3) is 0.600. The lowest BCUT2D eigenvalue weighted by molar-refractivity contribution is 0.334. The molecule has 1 aliphatic rings. The lowest BCUT2D eigenvalue weighted by atomic mass is 9.84. The molecule has 2 nitrogen and oxygen atoms in total. The second kappa shape index (κ2) is 3.84. The van der Waals surface area contributed by atoms with Crippen LogP contribution >= 0.6 is 15.9 Å². The number of furan rings is 1. The van der Waals surface area contributed by atoms with Crippen molar-refractivity contribution in [2.24, 2.45) is 5.73 Å². The van der Waals surface area contributed by atoms with E-state index in [1.165, 1.54) is 19.3 Å². The van der Waals surface area contributed by atoms with Crippen LogP contribution in [0.15, 0.2) is 15.0 Å². The number of nitrogens with two attached hydrogens (primary N) is 1. The van der Waals surface area contributed by atoms with E-state index in [-0.39, 0.29) is 0 Å². The molecule has 1 aliphatic carbocycles. The minimum absolute atomic E-state index is 0.654. The average Bonchev–Trinajstić information content (AvgIpc) is 2.30. The van der Waals surface area contributed by atoms with E-state index in [4.69, 9.17) is 10.2 Å². The van der Waals surface area contributed by atoms with E-state index >= 15 is 0 Å². The van der Waals surface area contributed by atoms with Gasteiger partial charge < -0.3 is 10.2 Å². The molecule has 3 heteroatoms. The lowest BCUT2D eigenvalue weighted by Crippen LogP contribution is -2.08. The van der Waals surface area contributed by atoms with Gasteiger partial charge in [0.1, 0.15) is 11.5 Å². The Balaban J connectivity index is 2.15. The molecule has 1 saturated carbocycles. The Labute approximate surface area is 86.6 Å². The molecule has 0 atom stereocenters. The van der Waals surface area contributed by atoms with Crippen LogP contribution in [0.1, 0.15) is 36.7 Å². The lowest BCUT2D eigenvalue weighted by Gasteiger charge is -2.23. The first-order valence-electron chi connectivity index (χ1n) is 4.79. The summed E-state index contributed by atoms with van der Waals surface area (Å²) in [7, 11) is 0. The first-order chi connectivity index (χ1) is 6.31. The molecule has 13 heavy (non-hydrogen) atoms. The van der Waals surface area contributed by atoms with Gasteiger partial charge in [-0.15, -0.1) is 0 Å². The molecule has 0 unspecified atom stereocenters. The largest absolute Gasteiger partial charge is 0.465 e. The molecule has 0 bridgehead atoms. The van der Waals surface area contributed by atoms with Crippen molar-refractivity contribution >= 4 is 15.9 Å². The maximum absolute atomic E-state index is 5.73. The van der Waals surface area contributed by atoms with Gasteiger partial charge in [-0.2, -0.15) is 0 Å². The van der Waals surface area contributed by atoms with Crippen molar-refractivity contribution < 1.29 is 4.42 Å². The van der Waals surface area contributed by atoms with Crippen molar-refractivity contribution in [1.29, 1.82) is 0 Å². The molecule has 0 radical (unpaired) electrons. The van der Waals surface area contributed by atoms with Crippen LogP contribution in [0.5, 0.6) is 0 Å². The number of hydrogen-bond acceptors (Lipinski definition) is 2. The summed E-state index contributed by atoms with van der Waals surface area (Å²) in [5, 5.41) is 0. The SMILES string of the molecule is NCCc1cc(Br)c(C2CCC2)o1. The summed E-state index contributed by atoms with van der Waals surface area (Å²) >= 11 is 3.53. The molecule has 1 fully saturated rings. The van der Waals surface area contributed by atoms with Gasteiger partial charge in [-0.05, 0) is 41.4 Å². The minimum atomic E-state index is 0.654. The Kier molecular flexibility index (Phi) is 2.74. The first-order valence-corrected chi connectivity index (χ1v) is 5.58. The van der Waals surface area contributed by atoms with Crippen molar-refractivity contribution in [3.63, 3.8) is 0 Å². The molecule has 0 aliphatic heterocycles. The fourth-order valence-electron chi connectivity index (χ4n) is 1.65. The molecule has 2 rings (SSSR count). The highest BCUT2D eigenvalue weighted by Crippen LogP contribution is 2.41. The standard InChI is InChI=1S/C10H14BrNO/c11-9-6-8(4-5-12)13-10(9)7-2-1-3-7/h6-7H,1-5,12H2. The van der Waals surface area contributed by atoms with E-state index in [0.29, 0.717) is 12.5 Å². The van der Waals surface area contributed by atoms with Crippen LogP contribution in [0.4, 0.5) is 0 Å². The van der Waals surface area contributed by atoms with Crippen LogP contribution in [-0.4, -0.2) is 6.54 Å². The van der Waals surface area contributed by atoms with E-state index in [9.17, 15) is 0 Å². The Morgan fingerprint density at radius 2 is 2.31 bits per heavy atom. The third-order valence-corrected chi connectivity index (χ3v) is 3.25. The van der Waals surface area contributed by atoms with Gasteiger partial charge >= 0.3 is 0 Å². The monoisotopic (exact) mass is 243 g/mol. The molecule has 1 aromatic heterocycles. The van der Waals surface area contributed by atoms with Crippen molar-refractivity contribution in [2.45, 2.75) is 31.6 Å². The van der Waals surface area contributed by atoms with Crippen LogP contribution in [0.25, 0.3) is 0 Å². The highest BCUT2D eigenvalue weighted by atomic mass is 79.9. The number of hydrogen-bond donors (Lipinski definition) is 1. The van der Waals surface area contributed by atoms with Crippen LogP contribution in [-0.2, 0) is 6.42 Å². The molecule has 72 valence electrons. The van der Waals surface area contributed by atoms with Gasteiger partial charge in [0.2, 0.25) is 0 Å². The molecule has 0 amide bonds. The summed E-state index contributed by atoms with van der Waals surface area (Å²) in [5.74, 6) is 2.80. The average molecular weight is 244 g/mol. The predicted octanol–water partition coefficient (Wildman–Crippen LogP) is 2.81. The predicted molar refractivity (Wildman–Crippen MR) is 55.8 cm³/mol. The van der Waals surface area contributed by atoms with E-state index in [0.717, 1.165) is 22.4 Å². The zero-order valence-electron chi connectivity index (χ0n) is 7.55. The van der Waals surface area contributed by atoms with Gasteiger partial charge in [0.25, 0.3) is 0 Å². The number of halogens is 1. The third kappa shape index (κ3) is 1.81. The van der Waals surface area contributed by atoms with Crippen molar-refractivity contribution in [2.75, 3.05) is 6.54 Å². The Hall–Kier alpha value is -0.280. The highest BCUT2D eigenvalue weighted by Gasteiger charge is 2.25. The van der Waals surface area contributed by atoms with Crippen molar-refractivity contribution in [3.05, 3.63) is 22.1 Å². The smallest absolute Gasteiger partial charge is 0.121 e. The second-order valence-electron chi connectivity index (χ2n) is 3.59. The Morgan fingerprint density at radius 1 is 1.54 bits per heavy atom. The molecule has 0 spiro atoms. The molecule has 1 heterocycles. The third-order valence-electron chi connectivity index (χ3n) is 2.63. The zero-order valence-corrected chi connectivity index (χ0v) is 9.14. The van der Waals surface area contributed by atoms with Crippen LogP contribution < -0.4 is 5.73 Å². The van der Waals surface area contributed by atoms with Gasteiger partial charge in [-0.1, -0.05) is 6.42 Å². The molecule has 0 aromatic carbocycles. The van der Waals surface area contributed by atoms with Crippen molar-refractivity contribution in [1.82, 2.24) is 0 Å². The van der Waals surface area contributed by atoms with Gasteiger partial charge in [0.05, 0.1) is 4.47 Å². The highest BCUT2D eigenvalue weighted by molar-refractivity contribution is 9.10. The maximum atomic E-state index is 5.73. The molecule has 0 saturated heterocycles. The second-order valence-corrected chi connectivity index (χ2v) is 4.45. The van der Waals surface area contributed by atoms with E-state index in [1.54, 1.807) is 0 Å². The Morgan fingerprint density at radius 3 is 2.85 bits per heavy atom. The quantitative estimate of drug-likeness (QED) is 0.887. The molecule has 1 aromatic rings. The summed E-state index contributed by atoms with van der Waals surface area (Å²) < 4.78 is 6.86. The topological polar surface area (TPSA) is 39.2 Å². The summed E-state index contributed by atoms with van der Waals surface area (Å²) in [5.41, 5.74) is 5.47. The van der Waals surface area contributed by atoms with Gasteiger partial charge in [-0.3, -0.25) is 0 Å². The minimum Gasteiger partial charge on any atom is -0.465 e. The molecule has 2 N–H and O–H groups in total. The van der Waals surface area contributed by atoms with Gasteiger partial charge in [-0.25, -0.2) is 0 Å². The zero-order chi connectivity index (χ0) is 9.26. The van der Waals surface area contributed by atoms with Crippen LogP contribution in [0, 0.1) is 0 Å². The van der Waals surface area contributed by atoms with E-state index in [2.05, 4.69) is 22.0 Å². The number of rotatable bonds is 3. The Bertz CT molecular complexity index is 291. The summed E-state index contributed by atoms with van der Waals surface area (Å²) in [4.78, 5) is 0. The normalized spacial score (nSPS) is 17.4. The first kappa shape index (κ1) is 9.28. The van der Waals surface area contributed by atoms with Gasteiger partial charge in [0.15, 0.2) is 0 Å². The van der Waals surface area contributed by atoms with Gasteiger partial charge in [0, 0.05) is 12.3 Å². The van der Waals surface area contributed by atoms with Crippen LogP contribution in [0.2, 0.25) is 0 Å². The van der Waals surface area contributed by atoms with Crippen LogP contribution in [0.3, 0.4) is 0 Å². The fourth-order valence-corrected chi connectivity index (χ4v) is 2.31. The summed E-state index contributed by atoms with van der Waals surface area (Å²) in [6.45, 7) is 0.657. The van der Waals surface area contributed by atoms with E-state index in [1.807, 2.05) is 0 Å². The summed E-state index contributed by atoms with van der Waals surface area (Å²) in [6.07, 6.45) is 4.72. The molecular weight excluding hydrogens is 230 g/mol. The van der Waals surface area contributed by atoms with Crippen molar-refractivity contribution in [3.8, 4) is 0 Å². The maximum Gasteiger partial charge on any atom is 0.121 e.